The minimum absolute atomic E-state index is 0.362. The maximum atomic E-state index is 6.03. The van der Waals surface area contributed by atoms with Crippen molar-refractivity contribution in [2.24, 2.45) is 5.73 Å². The van der Waals surface area contributed by atoms with Gasteiger partial charge < -0.3 is 5.73 Å². The van der Waals surface area contributed by atoms with Crippen LogP contribution in [0.5, 0.6) is 0 Å². The molecular weight excluding hydrogens is 234 g/mol. The molecule has 19 heavy (non-hydrogen) atoms. The minimum atomic E-state index is 0.362. The first kappa shape index (κ1) is 12.9. The highest BCUT2D eigenvalue weighted by atomic mass is 15.3. The first-order valence-corrected chi connectivity index (χ1v) is 7.81. The van der Waals surface area contributed by atoms with Gasteiger partial charge in [-0.05, 0) is 50.7 Å². The van der Waals surface area contributed by atoms with Crippen LogP contribution in [-0.4, -0.2) is 15.8 Å². The fraction of sp³-hybridized carbons (Fsp3) is 0.688. The molecule has 1 aromatic rings. The van der Waals surface area contributed by atoms with Gasteiger partial charge in [0.1, 0.15) is 0 Å². The lowest BCUT2D eigenvalue weighted by Gasteiger charge is -2.22. The van der Waals surface area contributed by atoms with Crippen LogP contribution in [0.1, 0.15) is 69.5 Å². The largest absolute Gasteiger partial charge is 0.327 e. The van der Waals surface area contributed by atoms with Gasteiger partial charge in [0, 0.05) is 12.2 Å². The molecule has 1 unspecified atom stereocenters. The van der Waals surface area contributed by atoms with Gasteiger partial charge >= 0.3 is 0 Å². The van der Waals surface area contributed by atoms with Crippen molar-refractivity contribution in [2.75, 3.05) is 0 Å². The van der Waals surface area contributed by atoms with Gasteiger partial charge in [-0.3, -0.25) is 4.68 Å². The summed E-state index contributed by atoms with van der Waals surface area (Å²) >= 11 is 0. The Hall–Kier alpha value is -1.09. The lowest BCUT2D eigenvalue weighted by molar-refractivity contribution is 0.329. The summed E-state index contributed by atoms with van der Waals surface area (Å²) in [7, 11) is 0. The van der Waals surface area contributed by atoms with Gasteiger partial charge in [0.25, 0.3) is 0 Å². The smallest absolute Gasteiger partial charge is 0.0850 e. The van der Waals surface area contributed by atoms with Crippen LogP contribution in [0.3, 0.4) is 0 Å². The van der Waals surface area contributed by atoms with Gasteiger partial charge in [0.05, 0.1) is 11.7 Å². The number of rotatable bonds is 2. The van der Waals surface area contributed by atoms with Gasteiger partial charge in [-0.1, -0.05) is 24.8 Å². The Labute approximate surface area is 115 Å². The number of nitrogens with zero attached hydrogens (tertiary/aromatic N) is 2. The summed E-state index contributed by atoms with van der Waals surface area (Å²) in [5, 5.41) is 4.75. The Morgan fingerprint density at radius 2 is 2.00 bits per heavy atom. The zero-order valence-electron chi connectivity index (χ0n) is 11.7. The minimum Gasteiger partial charge on any atom is -0.327 e. The fourth-order valence-corrected chi connectivity index (χ4v) is 3.45. The molecular formula is C16H25N3. The van der Waals surface area contributed by atoms with E-state index in [9.17, 15) is 0 Å². The summed E-state index contributed by atoms with van der Waals surface area (Å²) in [6, 6.07) is 3.15. The summed E-state index contributed by atoms with van der Waals surface area (Å²) in [6.45, 7) is 0. The molecule has 0 radical (unpaired) electrons. The van der Waals surface area contributed by atoms with Gasteiger partial charge in [-0.25, -0.2) is 0 Å². The Kier molecular flexibility index (Phi) is 4.02. The predicted molar refractivity (Wildman–Crippen MR) is 78.8 cm³/mol. The average molecular weight is 259 g/mol. The van der Waals surface area contributed by atoms with E-state index in [0.29, 0.717) is 12.1 Å². The molecule has 0 spiro atoms. The van der Waals surface area contributed by atoms with Crippen molar-refractivity contribution in [1.82, 2.24) is 9.78 Å². The normalized spacial score (nSPS) is 27.8. The van der Waals surface area contributed by atoms with Crippen LogP contribution in [0.2, 0.25) is 0 Å². The number of nitrogens with two attached hydrogens (primary N) is 1. The van der Waals surface area contributed by atoms with E-state index in [1.807, 2.05) is 0 Å². The summed E-state index contributed by atoms with van der Waals surface area (Å²) in [5.41, 5.74) is 8.63. The third-order valence-corrected chi connectivity index (χ3v) is 4.53. The Morgan fingerprint density at radius 3 is 2.79 bits per heavy atom. The van der Waals surface area contributed by atoms with Crippen LogP contribution >= 0.6 is 0 Å². The summed E-state index contributed by atoms with van der Waals surface area (Å²) < 4.78 is 2.19. The molecule has 2 aliphatic carbocycles. The van der Waals surface area contributed by atoms with Gasteiger partial charge in [-0.15, -0.1) is 0 Å². The molecule has 0 aromatic carbocycles. The van der Waals surface area contributed by atoms with Crippen molar-refractivity contribution < 1.29 is 0 Å². The second-order valence-corrected chi connectivity index (χ2v) is 6.17. The van der Waals surface area contributed by atoms with Crippen molar-refractivity contribution in [3.63, 3.8) is 0 Å². The van der Waals surface area contributed by atoms with Crippen molar-refractivity contribution in [3.05, 3.63) is 23.5 Å². The topological polar surface area (TPSA) is 43.8 Å². The van der Waals surface area contributed by atoms with Crippen LogP contribution in [0, 0.1) is 0 Å². The molecule has 3 rings (SSSR count). The summed E-state index contributed by atoms with van der Waals surface area (Å²) in [5.74, 6) is 0. The average Bonchev–Trinajstić information content (AvgIpc) is 2.88. The van der Waals surface area contributed by atoms with Crippen LogP contribution in [0.15, 0.2) is 17.8 Å². The number of aromatic nitrogens is 2. The first-order valence-electron chi connectivity index (χ1n) is 7.81. The molecule has 2 fully saturated rings. The van der Waals surface area contributed by atoms with Crippen molar-refractivity contribution in [3.8, 4) is 0 Å². The highest BCUT2D eigenvalue weighted by Crippen LogP contribution is 2.28. The summed E-state index contributed by atoms with van der Waals surface area (Å²) in [4.78, 5) is 0. The quantitative estimate of drug-likeness (QED) is 0.880. The second-order valence-electron chi connectivity index (χ2n) is 6.17. The van der Waals surface area contributed by atoms with Crippen LogP contribution in [-0.2, 0) is 0 Å². The van der Waals surface area contributed by atoms with E-state index in [2.05, 4.69) is 23.0 Å². The molecule has 0 amide bonds. The predicted octanol–water partition coefficient (Wildman–Crippen LogP) is 3.67. The molecule has 0 aliphatic heterocycles. The molecule has 0 bridgehead atoms. The van der Waals surface area contributed by atoms with Gasteiger partial charge in [0.2, 0.25) is 0 Å². The Balaban J connectivity index is 1.68. The third-order valence-electron chi connectivity index (χ3n) is 4.53. The Bertz CT molecular complexity index is 441. The highest BCUT2D eigenvalue weighted by molar-refractivity contribution is 5.48. The van der Waals surface area contributed by atoms with Crippen molar-refractivity contribution in [1.29, 1.82) is 0 Å². The maximum absolute atomic E-state index is 6.03. The van der Waals surface area contributed by atoms with E-state index in [-0.39, 0.29) is 0 Å². The molecule has 2 N–H and O–H groups in total. The molecule has 2 aliphatic rings. The van der Waals surface area contributed by atoms with Crippen molar-refractivity contribution in [2.45, 2.75) is 69.9 Å². The van der Waals surface area contributed by atoms with E-state index in [4.69, 9.17) is 10.8 Å². The molecule has 0 saturated heterocycles. The molecule has 3 nitrogen and oxygen atoms in total. The fourth-order valence-electron chi connectivity index (χ4n) is 3.45. The van der Waals surface area contributed by atoms with Gasteiger partial charge in [-0.2, -0.15) is 5.10 Å². The first-order chi connectivity index (χ1) is 9.31. The van der Waals surface area contributed by atoms with E-state index in [1.54, 1.807) is 0 Å². The third kappa shape index (κ3) is 3.27. The number of hydrogen-bond acceptors (Lipinski definition) is 2. The lowest BCUT2D eigenvalue weighted by Crippen LogP contribution is -2.23. The molecule has 1 heterocycles. The summed E-state index contributed by atoms with van der Waals surface area (Å²) in [6.07, 6.45) is 15.8. The van der Waals surface area contributed by atoms with Crippen molar-refractivity contribution >= 4 is 6.08 Å². The van der Waals surface area contributed by atoms with Crippen LogP contribution in [0.25, 0.3) is 6.08 Å². The SMILES string of the molecule is NC1CCCC(=Cc2ccn(C3CCCCC3)n2)C1. The monoisotopic (exact) mass is 259 g/mol. The standard InChI is InChI=1S/C16H25N3/c17-14-6-4-5-13(11-14)12-15-9-10-19(18-15)16-7-2-1-3-8-16/h9-10,12,14,16H,1-8,11,17H2. The number of hydrogen-bond donors (Lipinski definition) is 1. The molecule has 2 saturated carbocycles. The van der Waals surface area contributed by atoms with E-state index < -0.39 is 0 Å². The van der Waals surface area contributed by atoms with E-state index in [0.717, 1.165) is 12.1 Å². The molecule has 1 aromatic heterocycles. The van der Waals surface area contributed by atoms with Crippen LogP contribution in [0.4, 0.5) is 0 Å². The lowest BCUT2D eigenvalue weighted by atomic mass is 9.91. The molecule has 1 atom stereocenters. The molecule has 3 heteroatoms. The van der Waals surface area contributed by atoms with Gasteiger partial charge in [0.15, 0.2) is 0 Å². The maximum Gasteiger partial charge on any atom is 0.0850 e. The zero-order chi connectivity index (χ0) is 13.1. The van der Waals surface area contributed by atoms with E-state index >= 15 is 0 Å². The van der Waals surface area contributed by atoms with E-state index in [1.165, 1.54) is 56.9 Å². The highest BCUT2D eigenvalue weighted by Gasteiger charge is 2.16. The Morgan fingerprint density at radius 1 is 1.16 bits per heavy atom. The second kappa shape index (κ2) is 5.91. The molecule has 104 valence electrons. The zero-order valence-corrected chi connectivity index (χ0v) is 11.7. The van der Waals surface area contributed by atoms with Crippen LogP contribution < -0.4 is 5.73 Å².